The number of hydrogen-bond acceptors (Lipinski definition) is 1. The Bertz CT molecular complexity index is 392. The van der Waals surface area contributed by atoms with Crippen molar-refractivity contribution < 1.29 is 0 Å². The van der Waals surface area contributed by atoms with Crippen molar-refractivity contribution in [1.29, 1.82) is 0 Å². The summed E-state index contributed by atoms with van der Waals surface area (Å²) in [7, 11) is 0. The van der Waals surface area contributed by atoms with Gasteiger partial charge in [0.2, 0.25) is 0 Å². The first-order valence-electron chi connectivity index (χ1n) is 5.42. The molecule has 1 aromatic carbocycles. The molecule has 0 bridgehead atoms. The molecule has 2 rings (SSSR count). The van der Waals surface area contributed by atoms with Gasteiger partial charge < -0.3 is 5.73 Å². The maximum absolute atomic E-state index is 6.33. The van der Waals surface area contributed by atoms with Gasteiger partial charge in [-0.05, 0) is 43.0 Å². The Balaban J connectivity index is 2.45. The normalized spacial score (nSPS) is 19.0. The van der Waals surface area contributed by atoms with Gasteiger partial charge in [-0.3, -0.25) is 0 Å². The maximum atomic E-state index is 6.33. The summed E-state index contributed by atoms with van der Waals surface area (Å²) in [5, 5.41) is 0.800. The van der Waals surface area contributed by atoms with Crippen LogP contribution in [-0.2, 0) is 5.41 Å². The van der Waals surface area contributed by atoms with E-state index < -0.39 is 0 Å². The molecule has 0 radical (unpaired) electrons. The number of hydrogen-bond donors (Lipinski definition) is 1. The largest absolute Gasteiger partial charge is 0.324 e. The van der Waals surface area contributed by atoms with Crippen molar-refractivity contribution in [3.63, 3.8) is 0 Å². The summed E-state index contributed by atoms with van der Waals surface area (Å²) >= 11 is 5.97. The lowest BCUT2D eigenvalue weighted by Crippen LogP contribution is -2.43. The maximum Gasteiger partial charge on any atom is 0.0408 e. The van der Waals surface area contributed by atoms with Gasteiger partial charge in [-0.2, -0.15) is 0 Å². The molecule has 15 heavy (non-hydrogen) atoms. The van der Waals surface area contributed by atoms with Crippen LogP contribution < -0.4 is 5.73 Å². The molecule has 1 fully saturated rings. The van der Waals surface area contributed by atoms with Crippen LogP contribution >= 0.6 is 11.6 Å². The zero-order valence-corrected chi connectivity index (χ0v) is 10.4. The van der Waals surface area contributed by atoms with Crippen LogP contribution in [0.15, 0.2) is 18.2 Å². The smallest absolute Gasteiger partial charge is 0.0408 e. The molecule has 1 aromatic rings. The van der Waals surface area contributed by atoms with Crippen molar-refractivity contribution in [3.8, 4) is 0 Å². The molecule has 0 amide bonds. The summed E-state index contributed by atoms with van der Waals surface area (Å²) in [5.41, 5.74) is 8.93. The molecule has 1 nitrogen and oxygen atoms in total. The van der Waals surface area contributed by atoms with E-state index in [1.165, 1.54) is 11.1 Å². The number of rotatable bonds is 2. The number of nitrogens with two attached hydrogens (primary N) is 1. The van der Waals surface area contributed by atoms with Crippen LogP contribution in [0.4, 0.5) is 0 Å². The average Bonchev–Trinajstić information content (AvgIpc) is 2.84. The van der Waals surface area contributed by atoms with Crippen molar-refractivity contribution in [2.75, 3.05) is 0 Å². The van der Waals surface area contributed by atoms with Crippen molar-refractivity contribution in [2.24, 2.45) is 5.73 Å². The Morgan fingerprint density at radius 3 is 2.40 bits per heavy atom. The van der Waals surface area contributed by atoms with E-state index in [2.05, 4.69) is 26.8 Å². The molecule has 82 valence electrons. The van der Waals surface area contributed by atoms with E-state index in [-0.39, 0.29) is 11.0 Å². The van der Waals surface area contributed by atoms with Gasteiger partial charge >= 0.3 is 0 Å². The Morgan fingerprint density at radius 1 is 1.33 bits per heavy atom. The molecule has 1 aliphatic rings. The van der Waals surface area contributed by atoms with Crippen LogP contribution in [0.1, 0.15) is 37.8 Å². The summed E-state index contributed by atoms with van der Waals surface area (Å²) in [6.07, 6.45) is 2.25. The number of benzene rings is 1. The van der Waals surface area contributed by atoms with Gasteiger partial charge in [0.25, 0.3) is 0 Å². The second-order valence-corrected chi connectivity index (χ2v) is 5.68. The van der Waals surface area contributed by atoms with E-state index in [1.54, 1.807) is 0 Å². The lowest BCUT2D eigenvalue weighted by Gasteiger charge is -2.34. The Hall–Kier alpha value is -0.530. The second-order valence-electron chi connectivity index (χ2n) is 5.24. The zero-order valence-electron chi connectivity index (χ0n) is 9.60. The summed E-state index contributed by atoms with van der Waals surface area (Å²) in [4.78, 5) is 0. The molecule has 0 spiro atoms. The summed E-state index contributed by atoms with van der Waals surface area (Å²) in [6, 6.07) is 6.09. The lowest BCUT2D eigenvalue weighted by molar-refractivity contribution is 0.389. The van der Waals surface area contributed by atoms with E-state index in [1.807, 2.05) is 12.1 Å². The highest BCUT2D eigenvalue weighted by atomic mass is 35.5. The van der Waals surface area contributed by atoms with Crippen LogP contribution in [0, 0.1) is 6.92 Å². The second kappa shape index (κ2) is 3.23. The van der Waals surface area contributed by atoms with Crippen molar-refractivity contribution in [2.45, 2.75) is 44.6 Å². The minimum atomic E-state index is -0.00834. The standard InChI is InChI=1S/C13H18ClN/c1-9-8-10(14)4-5-11(9)12(2,3)13(15)6-7-13/h4-5,8H,6-7,15H2,1-3H3. The lowest BCUT2D eigenvalue weighted by atomic mass is 9.74. The van der Waals surface area contributed by atoms with Gasteiger partial charge in [0, 0.05) is 16.0 Å². The van der Waals surface area contributed by atoms with Crippen molar-refractivity contribution in [1.82, 2.24) is 0 Å². The van der Waals surface area contributed by atoms with Gasteiger partial charge in [-0.25, -0.2) is 0 Å². The zero-order chi connectivity index (χ0) is 11.3. The molecule has 2 heteroatoms. The molecule has 0 atom stereocenters. The minimum Gasteiger partial charge on any atom is -0.324 e. The highest BCUT2D eigenvalue weighted by Gasteiger charge is 2.52. The van der Waals surface area contributed by atoms with E-state index >= 15 is 0 Å². The SMILES string of the molecule is Cc1cc(Cl)ccc1C(C)(C)C1(N)CC1. The fraction of sp³-hybridized carbons (Fsp3) is 0.538. The molecule has 2 N–H and O–H groups in total. The van der Waals surface area contributed by atoms with E-state index in [9.17, 15) is 0 Å². The van der Waals surface area contributed by atoms with Crippen molar-refractivity contribution in [3.05, 3.63) is 34.3 Å². The molecule has 0 heterocycles. The van der Waals surface area contributed by atoms with Crippen LogP contribution in [-0.4, -0.2) is 5.54 Å². The number of halogens is 1. The highest BCUT2D eigenvalue weighted by molar-refractivity contribution is 6.30. The topological polar surface area (TPSA) is 26.0 Å². The third-order valence-corrected chi connectivity index (χ3v) is 4.13. The predicted octanol–water partition coefficient (Wildman–Crippen LogP) is 3.42. The first-order chi connectivity index (χ1) is 6.87. The third kappa shape index (κ3) is 1.68. The van der Waals surface area contributed by atoms with E-state index in [4.69, 9.17) is 17.3 Å². The van der Waals surface area contributed by atoms with Crippen LogP contribution in [0.2, 0.25) is 5.02 Å². The summed E-state index contributed by atoms with van der Waals surface area (Å²) in [6.45, 7) is 6.57. The van der Waals surface area contributed by atoms with Gasteiger partial charge in [0.1, 0.15) is 0 Å². The number of aryl methyl sites for hydroxylation is 1. The van der Waals surface area contributed by atoms with Crippen LogP contribution in [0.3, 0.4) is 0 Å². The quantitative estimate of drug-likeness (QED) is 0.817. The fourth-order valence-electron chi connectivity index (χ4n) is 2.36. The minimum absolute atomic E-state index is 0.00834. The third-order valence-electron chi connectivity index (χ3n) is 3.90. The first-order valence-corrected chi connectivity index (χ1v) is 5.80. The van der Waals surface area contributed by atoms with Gasteiger partial charge in [-0.15, -0.1) is 0 Å². The molecular formula is C13H18ClN. The Kier molecular flexibility index (Phi) is 2.36. The fourth-order valence-corrected chi connectivity index (χ4v) is 2.58. The first kappa shape index (κ1) is 11.0. The van der Waals surface area contributed by atoms with Crippen LogP contribution in [0.25, 0.3) is 0 Å². The van der Waals surface area contributed by atoms with Gasteiger partial charge in [0.05, 0.1) is 0 Å². The monoisotopic (exact) mass is 223 g/mol. The molecule has 0 saturated heterocycles. The molecule has 0 unspecified atom stereocenters. The molecular weight excluding hydrogens is 206 g/mol. The molecule has 0 aliphatic heterocycles. The van der Waals surface area contributed by atoms with E-state index in [0.29, 0.717) is 0 Å². The Labute approximate surface area is 96.6 Å². The highest BCUT2D eigenvalue weighted by Crippen LogP contribution is 2.49. The van der Waals surface area contributed by atoms with Crippen LogP contribution in [0.5, 0.6) is 0 Å². The summed E-state index contributed by atoms with van der Waals surface area (Å²) < 4.78 is 0. The Morgan fingerprint density at radius 2 is 1.93 bits per heavy atom. The molecule has 1 saturated carbocycles. The van der Waals surface area contributed by atoms with Gasteiger partial charge in [0.15, 0.2) is 0 Å². The molecule has 0 aromatic heterocycles. The predicted molar refractivity (Wildman–Crippen MR) is 65.4 cm³/mol. The molecule has 1 aliphatic carbocycles. The van der Waals surface area contributed by atoms with E-state index in [0.717, 1.165) is 17.9 Å². The summed E-state index contributed by atoms with van der Waals surface area (Å²) in [5.74, 6) is 0. The average molecular weight is 224 g/mol. The van der Waals surface area contributed by atoms with Gasteiger partial charge in [-0.1, -0.05) is 31.5 Å². The van der Waals surface area contributed by atoms with Crippen molar-refractivity contribution >= 4 is 11.6 Å².